The quantitative estimate of drug-likeness (QED) is 0.428. The van der Waals surface area contributed by atoms with E-state index >= 15 is 0 Å². The van der Waals surface area contributed by atoms with Gasteiger partial charge in [-0.25, -0.2) is 4.98 Å². The summed E-state index contributed by atoms with van der Waals surface area (Å²) in [5.74, 6) is -0.116. The average molecular weight is 407 g/mol. The van der Waals surface area contributed by atoms with Gasteiger partial charge >= 0.3 is 0 Å². The van der Waals surface area contributed by atoms with E-state index in [1.165, 1.54) is 0 Å². The van der Waals surface area contributed by atoms with Crippen molar-refractivity contribution in [3.63, 3.8) is 0 Å². The number of carbonyl (C=O) groups is 1. The molecule has 3 heterocycles. The molecule has 5 rings (SSSR count). The molecular weight excluding hydrogens is 386 g/mol. The summed E-state index contributed by atoms with van der Waals surface area (Å²) in [4.78, 5) is 19.9. The summed E-state index contributed by atoms with van der Waals surface area (Å²) in [6.07, 6.45) is 3.78. The first-order chi connectivity index (χ1) is 15.2. The number of hydrogen-bond acceptors (Lipinski definition) is 3. The van der Waals surface area contributed by atoms with E-state index in [9.17, 15) is 4.79 Å². The standard InChI is InChI=1S/C25H21N5O/c1-28-23(16-22(27-28)19-10-4-2-5-11-19)25(31)30(20-12-6-3-7-13-20)18-21-17-26-24-14-8-9-15-29(21)24/h2-17H,18H2,1H3. The Balaban J connectivity index is 1.54. The van der Waals surface area contributed by atoms with Gasteiger partial charge in [0, 0.05) is 24.5 Å². The summed E-state index contributed by atoms with van der Waals surface area (Å²) < 4.78 is 3.65. The molecule has 0 N–H and O–H groups in total. The molecule has 0 spiro atoms. The Kier molecular flexibility index (Phi) is 4.80. The molecule has 0 aliphatic carbocycles. The number of amides is 1. The fraction of sp³-hybridized carbons (Fsp3) is 0.0800. The highest BCUT2D eigenvalue weighted by Crippen LogP contribution is 2.23. The predicted octanol–water partition coefficient (Wildman–Crippen LogP) is 4.58. The second-order valence-electron chi connectivity index (χ2n) is 7.31. The number of nitrogens with zero attached hydrogens (tertiary/aromatic N) is 5. The molecule has 0 radical (unpaired) electrons. The smallest absolute Gasteiger partial charge is 0.276 e. The summed E-state index contributed by atoms with van der Waals surface area (Å²) in [7, 11) is 1.80. The van der Waals surface area contributed by atoms with Crippen LogP contribution in [-0.4, -0.2) is 25.1 Å². The van der Waals surface area contributed by atoms with Gasteiger partial charge in [0.05, 0.1) is 24.1 Å². The molecule has 6 nitrogen and oxygen atoms in total. The van der Waals surface area contributed by atoms with Crippen LogP contribution in [0.4, 0.5) is 5.69 Å². The topological polar surface area (TPSA) is 55.4 Å². The number of aromatic nitrogens is 4. The number of rotatable bonds is 5. The molecule has 152 valence electrons. The molecule has 0 fully saturated rings. The van der Waals surface area contributed by atoms with E-state index in [2.05, 4.69) is 10.1 Å². The Bertz CT molecular complexity index is 1340. The Morgan fingerprint density at radius 3 is 2.42 bits per heavy atom. The van der Waals surface area contributed by atoms with Gasteiger partial charge < -0.3 is 9.30 Å². The molecular formula is C25H21N5O. The Morgan fingerprint density at radius 2 is 1.65 bits per heavy atom. The van der Waals surface area contributed by atoms with Crippen molar-refractivity contribution in [3.05, 3.63) is 109 Å². The van der Waals surface area contributed by atoms with Crippen LogP contribution in [0, 0.1) is 0 Å². The van der Waals surface area contributed by atoms with Crippen LogP contribution in [0.25, 0.3) is 16.9 Å². The molecule has 0 atom stereocenters. The number of para-hydroxylation sites is 1. The van der Waals surface area contributed by atoms with Crippen LogP contribution in [0.5, 0.6) is 0 Å². The van der Waals surface area contributed by atoms with Gasteiger partial charge in [-0.3, -0.25) is 9.48 Å². The minimum absolute atomic E-state index is 0.116. The number of fused-ring (bicyclic) bond motifs is 1. The van der Waals surface area contributed by atoms with Gasteiger partial charge in [-0.15, -0.1) is 0 Å². The molecule has 0 saturated carbocycles. The maximum Gasteiger partial charge on any atom is 0.276 e. The van der Waals surface area contributed by atoms with Crippen molar-refractivity contribution in [3.8, 4) is 11.3 Å². The third-order valence-electron chi connectivity index (χ3n) is 5.30. The van der Waals surface area contributed by atoms with E-state index in [0.29, 0.717) is 12.2 Å². The molecule has 1 amide bonds. The Labute approximate surface area is 180 Å². The third kappa shape index (κ3) is 3.59. The van der Waals surface area contributed by atoms with Gasteiger partial charge in [0.2, 0.25) is 0 Å². The SMILES string of the molecule is Cn1nc(-c2ccccc2)cc1C(=O)N(Cc1cnc2ccccn12)c1ccccc1. The molecule has 0 saturated heterocycles. The van der Waals surface area contributed by atoms with Crippen molar-refractivity contribution in [1.82, 2.24) is 19.2 Å². The lowest BCUT2D eigenvalue weighted by molar-refractivity contribution is 0.0975. The zero-order valence-corrected chi connectivity index (χ0v) is 17.1. The maximum absolute atomic E-state index is 13.7. The van der Waals surface area contributed by atoms with Crippen LogP contribution in [0.15, 0.2) is 97.3 Å². The lowest BCUT2D eigenvalue weighted by atomic mass is 10.1. The second kappa shape index (κ2) is 7.91. The maximum atomic E-state index is 13.7. The largest absolute Gasteiger partial charge is 0.302 e. The van der Waals surface area contributed by atoms with E-state index in [-0.39, 0.29) is 5.91 Å². The van der Waals surface area contributed by atoms with E-state index < -0.39 is 0 Å². The van der Waals surface area contributed by atoms with Crippen molar-refractivity contribution in [1.29, 1.82) is 0 Å². The Morgan fingerprint density at radius 1 is 0.935 bits per heavy atom. The summed E-state index contributed by atoms with van der Waals surface area (Å²) in [6.45, 7) is 0.389. The van der Waals surface area contributed by atoms with Crippen molar-refractivity contribution in [2.24, 2.45) is 7.05 Å². The third-order valence-corrected chi connectivity index (χ3v) is 5.30. The second-order valence-corrected chi connectivity index (χ2v) is 7.31. The fourth-order valence-electron chi connectivity index (χ4n) is 3.71. The summed E-state index contributed by atoms with van der Waals surface area (Å²) >= 11 is 0. The molecule has 6 heteroatoms. The van der Waals surface area contributed by atoms with Crippen LogP contribution in [0.3, 0.4) is 0 Å². The lowest BCUT2D eigenvalue weighted by Gasteiger charge is -2.22. The Hall–Kier alpha value is -4.19. The molecule has 0 unspecified atom stereocenters. The lowest BCUT2D eigenvalue weighted by Crippen LogP contribution is -2.32. The number of carbonyl (C=O) groups excluding carboxylic acids is 1. The number of imidazole rings is 1. The van der Waals surface area contributed by atoms with Crippen LogP contribution in [0.1, 0.15) is 16.2 Å². The number of pyridine rings is 1. The predicted molar refractivity (Wildman–Crippen MR) is 121 cm³/mol. The van der Waals surface area contributed by atoms with E-state index in [4.69, 9.17) is 0 Å². The van der Waals surface area contributed by atoms with Crippen LogP contribution in [-0.2, 0) is 13.6 Å². The zero-order valence-electron chi connectivity index (χ0n) is 17.1. The number of benzene rings is 2. The van der Waals surface area contributed by atoms with E-state index in [0.717, 1.165) is 28.3 Å². The van der Waals surface area contributed by atoms with E-state index in [1.807, 2.05) is 102 Å². The highest BCUT2D eigenvalue weighted by atomic mass is 16.2. The van der Waals surface area contributed by atoms with Gasteiger partial charge in [0.25, 0.3) is 5.91 Å². The highest BCUT2D eigenvalue weighted by molar-refractivity contribution is 6.05. The minimum Gasteiger partial charge on any atom is -0.302 e. The zero-order chi connectivity index (χ0) is 21.2. The average Bonchev–Trinajstić information content (AvgIpc) is 3.42. The molecule has 0 aliphatic heterocycles. The van der Waals surface area contributed by atoms with Gasteiger partial charge in [0.1, 0.15) is 11.3 Å². The minimum atomic E-state index is -0.116. The first-order valence-electron chi connectivity index (χ1n) is 10.1. The molecule has 5 aromatic rings. The molecule has 3 aromatic heterocycles. The normalized spacial score (nSPS) is 11.0. The van der Waals surface area contributed by atoms with Gasteiger partial charge in [-0.05, 0) is 30.3 Å². The molecule has 0 aliphatic rings. The van der Waals surface area contributed by atoms with Gasteiger partial charge in [-0.2, -0.15) is 5.10 Å². The van der Waals surface area contributed by atoms with Crippen LogP contribution in [0.2, 0.25) is 0 Å². The molecule has 0 bridgehead atoms. The van der Waals surface area contributed by atoms with Crippen molar-refractivity contribution in [2.45, 2.75) is 6.54 Å². The first-order valence-corrected chi connectivity index (χ1v) is 10.1. The fourth-order valence-corrected chi connectivity index (χ4v) is 3.71. The summed E-state index contributed by atoms with van der Waals surface area (Å²) in [5.41, 5.74) is 4.87. The van der Waals surface area contributed by atoms with Gasteiger partial charge in [-0.1, -0.05) is 54.6 Å². The molecule has 31 heavy (non-hydrogen) atoms. The van der Waals surface area contributed by atoms with E-state index in [1.54, 1.807) is 16.6 Å². The highest BCUT2D eigenvalue weighted by Gasteiger charge is 2.23. The van der Waals surface area contributed by atoms with Crippen molar-refractivity contribution >= 4 is 17.2 Å². The van der Waals surface area contributed by atoms with Crippen molar-refractivity contribution < 1.29 is 4.79 Å². The number of hydrogen-bond donors (Lipinski definition) is 0. The number of anilines is 1. The van der Waals surface area contributed by atoms with Crippen molar-refractivity contribution in [2.75, 3.05) is 4.90 Å². The number of aryl methyl sites for hydroxylation is 1. The monoisotopic (exact) mass is 407 g/mol. The molecule has 2 aromatic carbocycles. The van der Waals surface area contributed by atoms with Gasteiger partial charge in [0.15, 0.2) is 0 Å². The first kappa shape index (κ1) is 18.8. The van der Waals surface area contributed by atoms with Crippen LogP contribution < -0.4 is 4.90 Å². The summed E-state index contributed by atoms with van der Waals surface area (Å²) in [6, 6.07) is 27.3. The van der Waals surface area contributed by atoms with Crippen LogP contribution >= 0.6 is 0 Å². The summed E-state index contributed by atoms with van der Waals surface area (Å²) in [5, 5.41) is 4.58.